The van der Waals surface area contributed by atoms with Crippen LogP contribution in [0.4, 0.5) is 0 Å². The number of thiocarbonyl (C=S) groups is 1. The van der Waals surface area contributed by atoms with Crippen LogP contribution in [0.25, 0.3) is 0 Å². The zero-order valence-corrected chi connectivity index (χ0v) is 10.5. The Morgan fingerprint density at radius 1 is 1.40 bits per heavy atom. The third-order valence-corrected chi connectivity index (χ3v) is 3.11. The van der Waals surface area contributed by atoms with Gasteiger partial charge < -0.3 is 10.0 Å². The number of aliphatic hydroxyl groups excluding tert-OH is 1. The minimum atomic E-state index is -0.554. The van der Waals surface area contributed by atoms with Crippen LogP contribution in [-0.2, 0) is 0 Å². The van der Waals surface area contributed by atoms with Crippen molar-refractivity contribution in [3.63, 3.8) is 0 Å². The number of thiol groups is 1. The first kappa shape index (κ1) is 12.5. The summed E-state index contributed by atoms with van der Waals surface area (Å²) in [5.74, 6) is 0. The van der Waals surface area contributed by atoms with Gasteiger partial charge in [0.15, 0.2) is 0 Å². The molecule has 15 heavy (non-hydrogen) atoms. The SMILES string of the molecule is CC(C(O)c1ccccc1)N(C)C(=S)S. The first-order valence-electron chi connectivity index (χ1n) is 4.72. The summed E-state index contributed by atoms with van der Waals surface area (Å²) in [5, 5.41) is 10.1. The van der Waals surface area contributed by atoms with E-state index in [0.717, 1.165) is 5.56 Å². The molecule has 1 aromatic rings. The van der Waals surface area contributed by atoms with Gasteiger partial charge in [-0.15, -0.1) is 12.6 Å². The summed E-state index contributed by atoms with van der Waals surface area (Å²) >= 11 is 9.03. The van der Waals surface area contributed by atoms with Crippen LogP contribution in [0, 0.1) is 0 Å². The molecule has 1 aromatic carbocycles. The fourth-order valence-electron chi connectivity index (χ4n) is 1.31. The summed E-state index contributed by atoms with van der Waals surface area (Å²) < 4.78 is 0.484. The molecule has 2 nitrogen and oxygen atoms in total. The summed E-state index contributed by atoms with van der Waals surface area (Å²) in [4.78, 5) is 1.77. The quantitative estimate of drug-likeness (QED) is 0.627. The number of benzene rings is 1. The lowest BCUT2D eigenvalue weighted by molar-refractivity contribution is 0.106. The van der Waals surface area contributed by atoms with E-state index >= 15 is 0 Å². The zero-order chi connectivity index (χ0) is 11.4. The highest BCUT2D eigenvalue weighted by molar-refractivity contribution is 8.10. The standard InChI is InChI=1S/C11H15NOS2/c1-8(12(2)11(14)15)10(13)9-6-4-3-5-7-9/h3-8,10,13H,1-2H3,(H,14,15). The van der Waals surface area contributed by atoms with Crippen LogP contribution >= 0.6 is 24.8 Å². The van der Waals surface area contributed by atoms with Gasteiger partial charge in [-0.1, -0.05) is 42.5 Å². The van der Waals surface area contributed by atoms with Gasteiger partial charge in [-0.2, -0.15) is 0 Å². The molecule has 0 aliphatic rings. The molecule has 0 spiro atoms. The second kappa shape index (κ2) is 5.49. The maximum Gasteiger partial charge on any atom is 0.133 e. The average molecular weight is 241 g/mol. The van der Waals surface area contributed by atoms with E-state index in [4.69, 9.17) is 12.2 Å². The van der Waals surface area contributed by atoms with E-state index in [1.165, 1.54) is 0 Å². The fraction of sp³-hybridized carbons (Fsp3) is 0.364. The number of likely N-dealkylation sites (N-methyl/N-ethyl adjacent to an activating group) is 1. The maximum atomic E-state index is 10.1. The van der Waals surface area contributed by atoms with E-state index in [-0.39, 0.29) is 6.04 Å². The molecule has 0 saturated carbocycles. The van der Waals surface area contributed by atoms with Gasteiger partial charge >= 0.3 is 0 Å². The van der Waals surface area contributed by atoms with Gasteiger partial charge in [-0.25, -0.2) is 0 Å². The Morgan fingerprint density at radius 2 is 1.93 bits per heavy atom. The van der Waals surface area contributed by atoms with Crippen molar-refractivity contribution in [2.45, 2.75) is 19.1 Å². The second-order valence-electron chi connectivity index (χ2n) is 3.49. The fourth-order valence-corrected chi connectivity index (χ4v) is 1.66. The highest BCUT2D eigenvalue weighted by Crippen LogP contribution is 2.20. The van der Waals surface area contributed by atoms with Gasteiger partial charge in [0.05, 0.1) is 12.1 Å². The summed E-state index contributed by atoms with van der Waals surface area (Å²) in [6.45, 7) is 1.92. The maximum absolute atomic E-state index is 10.1. The van der Waals surface area contributed by atoms with Crippen LogP contribution < -0.4 is 0 Å². The van der Waals surface area contributed by atoms with Gasteiger partial charge in [-0.3, -0.25) is 0 Å². The Morgan fingerprint density at radius 3 is 2.40 bits per heavy atom. The van der Waals surface area contributed by atoms with E-state index in [1.54, 1.807) is 4.90 Å². The predicted molar refractivity (Wildman–Crippen MR) is 70.2 cm³/mol. The van der Waals surface area contributed by atoms with E-state index in [2.05, 4.69) is 12.6 Å². The minimum Gasteiger partial charge on any atom is -0.386 e. The summed E-state index contributed by atoms with van der Waals surface area (Å²) in [5.41, 5.74) is 0.890. The molecule has 0 aliphatic carbocycles. The second-order valence-corrected chi connectivity index (χ2v) is 4.60. The van der Waals surface area contributed by atoms with E-state index in [0.29, 0.717) is 4.32 Å². The van der Waals surface area contributed by atoms with Crippen LogP contribution in [0.2, 0.25) is 0 Å². The van der Waals surface area contributed by atoms with Crippen molar-refractivity contribution in [3.05, 3.63) is 35.9 Å². The molecule has 0 saturated heterocycles. The molecule has 0 aliphatic heterocycles. The highest BCUT2D eigenvalue weighted by Gasteiger charge is 2.20. The predicted octanol–water partition coefficient (Wildman–Crippen LogP) is 2.26. The number of rotatable bonds is 3. The molecule has 2 atom stereocenters. The summed E-state index contributed by atoms with van der Waals surface area (Å²) in [6.07, 6.45) is -0.554. The van der Waals surface area contributed by atoms with Crippen molar-refractivity contribution in [1.29, 1.82) is 0 Å². The minimum absolute atomic E-state index is 0.0857. The molecular weight excluding hydrogens is 226 g/mol. The van der Waals surface area contributed by atoms with Gasteiger partial charge in [0.2, 0.25) is 0 Å². The lowest BCUT2D eigenvalue weighted by Crippen LogP contribution is -2.35. The molecule has 82 valence electrons. The molecule has 4 heteroatoms. The Hall–Kier alpha value is -0.580. The lowest BCUT2D eigenvalue weighted by Gasteiger charge is -2.29. The van der Waals surface area contributed by atoms with Crippen LogP contribution in [0.15, 0.2) is 30.3 Å². The molecule has 0 aromatic heterocycles. The van der Waals surface area contributed by atoms with Crippen molar-refractivity contribution in [1.82, 2.24) is 4.90 Å². The molecule has 1 N–H and O–H groups in total. The van der Waals surface area contributed by atoms with Crippen molar-refractivity contribution in [2.75, 3.05) is 7.05 Å². The van der Waals surface area contributed by atoms with Crippen molar-refractivity contribution in [2.24, 2.45) is 0 Å². The van der Waals surface area contributed by atoms with Crippen LogP contribution in [0.5, 0.6) is 0 Å². The molecule has 1 rings (SSSR count). The Kier molecular flexibility index (Phi) is 4.57. The zero-order valence-electron chi connectivity index (χ0n) is 8.79. The molecule has 0 amide bonds. The third kappa shape index (κ3) is 3.19. The van der Waals surface area contributed by atoms with Crippen molar-refractivity contribution < 1.29 is 5.11 Å². The Balaban J connectivity index is 2.77. The van der Waals surface area contributed by atoms with Crippen molar-refractivity contribution in [3.8, 4) is 0 Å². The van der Waals surface area contributed by atoms with Gasteiger partial charge in [0.1, 0.15) is 4.32 Å². The van der Waals surface area contributed by atoms with Crippen LogP contribution in [0.1, 0.15) is 18.6 Å². The van der Waals surface area contributed by atoms with Crippen molar-refractivity contribution >= 4 is 29.2 Å². The topological polar surface area (TPSA) is 23.5 Å². The van der Waals surface area contributed by atoms with Gasteiger partial charge in [0.25, 0.3) is 0 Å². The summed E-state index contributed by atoms with van der Waals surface area (Å²) in [6, 6.07) is 9.45. The highest BCUT2D eigenvalue weighted by atomic mass is 32.1. The van der Waals surface area contributed by atoms with E-state index in [1.807, 2.05) is 44.3 Å². The van der Waals surface area contributed by atoms with Crippen LogP contribution in [-0.4, -0.2) is 27.4 Å². The van der Waals surface area contributed by atoms with Gasteiger partial charge in [0, 0.05) is 7.05 Å². The number of hydrogen-bond acceptors (Lipinski definition) is 2. The third-order valence-electron chi connectivity index (χ3n) is 2.51. The number of hydrogen-bond donors (Lipinski definition) is 2. The molecule has 0 bridgehead atoms. The van der Waals surface area contributed by atoms with Gasteiger partial charge in [-0.05, 0) is 12.5 Å². The molecule has 0 radical (unpaired) electrons. The smallest absolute Gasteiger partial charge is 0.133 e. The number of aliphatic hydroxyl groups is 1. The van der Waals surface area contributed by atoms with E-state index in [9.17, 15) is 5.11 Å². The Bertz CT molecular complexity index is 329. The molecule has 0 fully saturated rings. The first-order chi connectivity index (χ1) is 7.04. The van der Waals surface area contributed by atoms with E-state index < -0.39 is 6.10 Å². The molecular formula is C11H15NOS2. The number of nitrogens with zero attached hydrogens (tertiary/aromatic N) is 1. The monoisotopic (exact) mass is 241 g/mol. The lowest BCUT2D eigenvalue weighted by atomic mass is 10.0. The largest absolute Gasteiger partial charge is 0.386 e. The average Bonchev–Trinajstić information content (AvgIpc) is 2.27. The first-order valence-corrected chi connectivity index (χ1v) is 5.58. The molecule has 2 unspecified atom stereocenters. The van der Waals surface area contributed by atoms with Crippen LogP contribution in [0.3, 0.4) is 0 Å². The molecule has 0 heterocycles. The Labute approximate surface area is 101 Å². The normalized spacial score (nSPS) is 14.4. The summed E-state index contributed by atoms with van der Waals surface area (Å²) in [7, 11) is 1.83.